The van der Waals surface area contributed by atoms with E-state index < -0.39 is 23.3 Å². The molecule has 0 aliphatic heterocycles. The zero-order chi connectivity index (χ0) is 13.5. The van der Waals surface area contributed by atoms with Crippen molar-refractivity contribution in [2.24, 2.45) is 5.41 Å². The van der Waals surface area contributed by atoms with Gasteiger partial charge in [0.1, 0.15) is 18.6 Å². The van der Waals surface area contributed by atoms with E-state index in [0.29, 0.717) is 0 Å². The molecule has 6 nitrogen and oxygen atoms in total. The molecule has 17 heavy (non-hydrogen) atoms. The third kappa shape index (κ3) is 5.89. The van der Waals surface area contributed by atoms with Gasteiger partial charge in [0, 0.05) is 13.8 Å². The highest BCUT2D eigenvalue weighted by molar-refractivity contribution is 5.78. The van der Waals surface area contributed by atoms with Gasteiger partial charge in [0.25, 0.3) is 0 Å². The molecule has 0 saturated carbocycles. The van der Waals surface area contributed by atoms with Gasteiger partial charge in [-0.05, 0) is 13.8 Å². The summed E-state index contributed by atoms with van der Waals surface area (Å²) in [5.74, 6) is -1.59. The average molecular weight is 246 g/mol. The standard InChI is InChI=1S/C11H18O6/c1-5-15-10(14)11(4,6-16-8(2)12)7-17-9(3)13/h5-7H2,1-4H3. The van der Waals surface area contributed by atoms with Crippen LogP contribution >= 0.6 is 0 Å². The van der Waals surface area contributed by atoms with Crippen LogP contribution in [0.1, 0.15) is 27.7 Å². The van der Waals surface area contributed by atoms with Gasteiger partial charge in [-0.2, -0.15) is 0 Å². The van der Waals surface area contributed by atoms with Crippen molar-refractivity contribution in [3.8, 4) is 0 Å². The summed E-state index contributed by atoms with van der Waals surface area (Å²) in [5, 5.41) is 0. The van der Waals surface area contributed by atoms with E-state index in [2.05, 4.69) is 0 Å². The first kappa shape index (κ1) is 15.4. The molecule has 0 radical (unpaired) electrons. The van der Waals surface area contributed by atoms with E-state index in [9.17, 15) is 14.4 Å². The Morgan fingerprint density at radius 3 is 1.65 bits per heavy atom. The maximum atomic E-state index is 11.7. The largest absolute Gasteiger partial charge is 0.465 e. The maximum absolute atomic E-state index is 11.7. The summed E-state index contributed by atoms with van der Waals surface area (Å²) >= 11 is 0. The third-order valence-electron chi connectivity index (χ3n) is 1.96. The van der Waals surface area contributed by atoms with Crippen molar-refractivity contribution < 1.29 is 28.6 Å². The molecule has 0 rings (SSSR count). The molecule has 98 valence electrons. The number of hydrogen-bond donors (Lipinski definition) is 0. The van der Waals surface area contributed by atoms with E-state index in [1.54, 1.807) is 6.92 Å². The number of ether oxygens (including phenoxy) is 3. The van der Waals surface area contributed by atoms with Crippen LogP contribution in [0, 0.1) is 5.41 Å². The molecule has 0 unspecified atom stereocenters. The van der Waals surface area contributed by atoms with Crippen molar-refractivity contribution in [1.29, 1.82) is 0 Å². The Morgan fingerprint density at radius 1 is 0.941 bits per heavy atom. The first-order valence-corrected chi connectivity index (χ1v) is 5.25. The molecule has 0 N–H and O–H groups in total. The van der Waals surface area contributed by atoms with E-state index in [0.717, 1.165) is 0 Å². The first-order valence-electron chi connectivity index (χ1n) is 5.25. The second-order valence-electron chi connectivity index (χ2n) is 3.84. The molecule has 0 saturated heterocycles. The molecule has 0 bridgehead atoms. The van der Waals surface area contributed by atoms with Crippen molar-refractivity contribution in [3.63, 3.8) is 0 Å². The van der Waals surface area contributed by atoms with Crippen LogP contribution in [0.2, 0.25) is 0 Å². The minimum absolute atomic E-state index is 0.186. The average Bonchev–Trinajstić information content (AvgIpc) is 2.24. The van der Waals surface area contributed by atoms with Crippen molar-refractivity contribution in [2.45, 2.75) is 27.7 Å². The summed E-state index contributed by atoms with van der Waals surface area (Å²) < 4.78 is 14.4. The number of esters is 3. The molecule has 0 aromatic rings. The Balaban J connectivity index is 4.60. The maximum Gasteiger partial charge on any atom is 0.318 e. The summed E-state index contributed by atoms with van der Waals surface area (Å²) in [6.45, 7) is 5.47. The monoisotopic (exact) mass is 246 g/mol. The van der Waals surface area contributed by atoms with Crippen molar-refractivity contribution >= 4 is 17.9 Å². The number of hydrogen-bond acceptors (Lipinski definition) is 6. The highest BCUT2D eigenvalue weighted by atomic mass is 16.6. The summed E-state index contributed by atoms with van der Waals surface area (Å²) in [6, 6.07) is 0. The first-order chi connectivity index (χ1) is 7.81. The van der Waals surface area contributed by atoms with Gasteiger partial charge in [-0.25, -0.2) is 0 Å². The van der Waals surface area contributed by atoms with E-state index in [1.165, 1.54) is 20.8 Å². The van der Waals surface area contributed by atoms with Gasteiger partial charge in [0.2, 0.25) is 0 Å². The minimum Gasteiger partial charge on any atom is -0.465 e. The fourth-order valence-electron chi connectivity index (χ4n) is 0.987. The van der Waals surface area contributed by atoms with Crippen LogP contribution in [0.3, 0.4) is 0 Å². The Kier molecular flexibility index (Phi) is 6.23. The zero-order valence-electron chi connectivity index (χ0n) is 10.6. The van der Waals surface area contributed by atoms with Gasteiger partial charge in [0.05, 0.1) is 6.61 Å². The predicted molar refractivity (Wildman–Crippen MR) is 58.0 cm³/mol. The molecule has 0 heterocycles. The van der Waals surface area contributed by atoms with Crippen LogP contribution < -0.4 is 0 Å². The summed E-state index contributed by atoms with van der Waals surface area (Å²) in [5.41, 5.74) is -1.17. The Bertz CT molecular complexity index is 278. The third-order valence-corrected chi connectivity index (χ3v) is 1.96. The second-order valence-corrected chi connectivity index (χ2v) is 3.84. The van der Waals surface area contributed by atoms with Crippen LogP contribution in [-0.2, 0) is 28.6 Å². The normalized spacial score (nSPS) is 10.6. The summed E-state index contributed by atoms with van der Waals surface area (Å²) in [6.07, 6.45) is 0. The Labute approximate surface area is 100 Å². The fourth-order valence-corrected chi connectivity index (χ4v) is 0.987. The van der Waals surface area contributed by atoms with Crippen LogP contribution in [-0.4, -0.2) is 37.7 Å². The molecule has 0 fully saturated rings. The van der Waals surface area contributed by atoms with E-state index in [1.807, 2.05) is 0 Å². The zero-order valence-corrected chi connectivity index (χ0v) is 10.6. The fraction of sp³-hybridized carbons (Fsp3) is 0.727. The number of carbonyl (C=O) groups is 3. The second kappa shape index (κ2) is 6.88. The van der Waals surface area contributed by atoms with Crippen LogP contribution in [0.25, 0.3) is 0 Å². The molecular formula is C11H18O6. The Hall–Kier alpha value is -1.59. The molecule has 0 aliphatic rings. The molecule has 0 spiro atoms. The summed E-state index contributed by atoms with van der Waals surface area (Å²) in [4.78, 5) is 33.1. The lowest BCUT2D eigenvalue weighted by molar-refractivity contribution is -0.168. The van der Waals surface area contributed by atoms with Crippen LogP contribution in [0.5, 0.6) is 0 Å². The number of carbonyl (C=O) groups excluding carboxylic acids is 3. The van der Waals surface area contributed by atoms with Gasteiger partial charge < -0.3 is 14.2 Å². The molecule has 0 amide bonds. The highest BCUT2D eigenvalue weighted by Crippen LogP contribution is 2.20. The van der Waals surface area contributed by atoms with Crippen molar-refractivity contribution in [2.75, 3.05) is 19.8 Å². The van der Waals surface area contributed by atoms with Gasteiger partial charge in [-0.1, -0.05) is 0 Å². The predicted octanol–water partition coefficient (Wildman–Crippen LogP) is 0.682. The SMILES string of the molecule is CCOC(=O)C(C)(COC(C)=O)COC(C)=O. The smallest absolute Gasteiger partial charge is 0.318 e. The molecule has 0 aliphatic carbocycles. The molecule has 0 aromatic heterocycles. The molecular weight excluding hydrogens is 228 g/mol. The van der Waals surface area contributed by atoms with Gasteiger partial charge in [0.15, 0.2) is 0 Å². The molecule has 6 heteroatoms. The lowest BCUT2D eigenvalue weighted by Gasteiger charge is -2.25. The summed E-state index contributed by atoms with van der Waals surface area (Å²) in [7, 11) is 0. The van der Waals surface area contributed by atoms with E-state index in [-0.39, 0.29) is 19.8 Å². The van der Waals surface area contributed by atoms with Crippen molar-refractivity contribution in [3.05, 3.63) is 0 Å². The van der Waals surface area contributed by atoms with E-state index in [4.69, 9.17) is 14.2 Å². The van der Waals surface area contributed by atoms with Gasteiger partial charge in [-0.15, -0.1) is 0 Å². The van der Waals surface area contributed by atoms with Gasteiger partial charge in [-0.3, -0.25) is 14.4 Å². The highest BCUT2D eigenvalue weighted by Gasteiger charge is 2.37. The van der Waals surface area contributed by atoms with Gasteiger partial charge >= 0.3 is 17.9 Å². The molecule has 0 atom stereocenters. The topological polar surface area (TPSA) is 78.9 Å². The Morgan fingerprint density at radius 2 is 1.35 bits per heavy atom. The molecule has 0 aromatic carbocycles. The number of rotatable bonds is 6. The van der Waals surface area contributed by atoms with Crippen LogP contribution in [0.4, 0.5) is 0 Å². The minimum atomic E-state index is -1.17. The van der Waals surface area contributed by atoms with E-state index >= 15 is 0 Å². The van der Waals surface area contributed by atoms with Crippen molar-refractivity contribution in [1.82, 2.24) is 0 Å². The van der Waals surface area contributed by atoms with Crippen LogP contribution in [0.15, 0.2) is 0 Å². The lowest BCUT2D eigenvalue weighted by Crippen LogP contribution is -2.40. The quantitative estimate of drug-likeness (QED) is 0.506. The lowest BCUT2D eigenvalue weighted by atomic mass is 9.93.